The summed E-state index contributed by atoms with van der Waals surface area (Å²) in [4.78, 5) is 22.4. The lowest BCUT2D eigenvalue weighted by molar-refractivity contribution is -0.145. The van der Waals surface area contributed by atoms with Crippen LogP contribution in [0.5, 0.6) is 0 Å². The molecule has 0 unspecified atom stereocenters. The minimum atomic E-state index is 0.140. The molecule has 3 heterocycles. The molecule has 1 aromatic rings. The van der Waals surface area contributed by atoms with E-state index < -0.39 is 0 Å². The molecule has 2 aliphatic heterocycles. The van der Waals surface area contributed by atoms with E-state index in [4.69, 9.17) is 4.74 Å². The van der Waals surface area contributed by atoms with Crippen LogP contribution in [0.25, 0.3) is 0 Å². The largest absolute Gasteiger partial charge is 0.372 e. The molecule has 1 spiro atoms. The van der Waals surface area contributed by atoms with Crippen molar-refractivity contribution in [1.29, 1.82) is 0 Å². The molecule has 22 heavy (non-hydrogen) atoms. The normalized spacial score (nSPS) is 25.5. The molecule has 0 radical (unpaired) electrons. The first kappa shape index (κ1) is 15.9. The van der Waals surface area contributed by atoms with E-state index in [0.717, 1.165) is 37.6 Å². The Balaban J connectivity index is 1.61. The van der Waals surface area contributed by atoms with E-state index in [1.54, 1.807) is 11.3 Å². The molecular weight excluding hydrogens is 298 g/mol. The standard InChI is InChI=1S/C16H25N3O2S/c1-3-21-11-15(20)18-7-4-5-16(12-18)6-8-19(16)10-14-9-17-13(2)22-14/h9H,3-8,10-12H2,1-2H3/t16-/m1/s1. The third-order valence-corrected chi connectivity index (χ3v) is 5.77. The van der Waals surface area contributed by atoms with E-state index in [1.165, 1.54) is 17.7 Å². The van der Waals surface area contributed by atoms with Crippen molar-refractivity contribution in [3.63, 3.8) is 0 Å². The summed E-state index contributed by atoms with van der Waals surface area (Å²) in [5.41, 5.74) is 0.192. The molecule has 6 heteroatoms. The van der Waals surface area contributed by atoms with E-state index in [1.807, 2.05) is 18.0 Å². The quantitative estimate of drug-likeness (QED) is 0.832. The first-order valence-corrected chi connectivity index (χ1v) is 8.96. The molecule has 2 aliphatic rings. The molecular formula is C16H25N3O2S. The van der Waals surface area contributed by atoms with Crippen LogP contribution in [0.3, 0.4) is 0 Å². The minimum Gasteiger partial charge on any atom is -0.372 e. The van der Waals surface area contributed by atoms with Gasteiger partial charge < -0.3 is 9.64 Å². The van der Waals surface area contributed by atoms with Crippen LogP contribution < -0.4 is 0 Å². The summed E-state index contributed by atoms with van der Waals surface area (Å²) in [6.45, 7) is 8.63. The molecule has 2 saturated heterocycles. The Kier molecular flexibility index (Phi) is 4.80. The molecule has 1 aromatic heterocycles. The summed E-state index contributed by atoms with van der Waals surface area (Å²) in [5.74, 6) is 0.140. The number of aromatic nitrogens is 1. The van der Waals surface area contributed by atoms with Gasteiger partial charge in [-0.25, -0.2) is 4.98 Å². The van der Waals surface area contributed by atoms with Crippen molar-refractivity contribution in [1.82, 2.24) is 14.8 Å². The number of likely N-dealkylation sites (tertiary alicyclic amines) is 2. The molecule has 0 saturated carbocycles. The number of thiazole rings is 1. The topological polar surface area (TPSA) is 45.7 Å². The Morgan fingerprint density at radius 3 is 2.95 bits per heavy atom. The second kappa shape index (κ2) is 6.64. The third kappa shape index (κ3) is 3.19. The Bertz CT molecular complexity index is 533. The van der Waals surface area contributed by atoms with Crippen LogP contribution >= 0.6 is 11.3 Å². The fourth-order valence-corrected chi connectivity index (χ4v) is 4.38. The summed E-state index contributed by atoms with van der Waals surface area (Å²) in [6.07, 6.45) is 5.48. The van der Waals surface area contributed by atoms with Crippen molar-refractivity contribution in [2.75, 3.05) is 32.8 Å². The first-order chi connectivity index (χ1) is 10.6. The van der Waals surface area contributed by atoms with Gasteiger partial charge in [0.05, 0.1) is 5.01 Å². The second-order valence-electron chi connectivity index (χ2n) is 6.30. The zero-order chi connectivity index (χ0) is 15.6. The highest BCUT2D eigenvalue weighted by molar-refractivity contribution is 7.11. The first-order valence-electron chi connectivity index (χ1n) is 8.15. The number of ether oxygens (including phenoxy) is 1. The lowest BCUT2D eigenvalue weighted by Gasteiger charge is -2.57. The van der Waals surface area contributed by atoms with Crippen molar-refractivity contribution in [2.24, 2.45) is 0 Å². The maximum absolute atomic E-state index is 12.2. The Hall–Kier alpha value is -0.980. The van der Waals surface area contributed by atoms with Gasteiger partial charge in [0.1, 0.15) is 6.61 Å². The van der Waals surface area contributed by atoms with Crippen LogP contribution in [0.2, 0.25) is 0 Å². The van der Waals surface area contributed by atoms with Gasteiger partial charge in [0.2, 0.25) is 5.91 Å². The lowest BCUT2D eigenvalue weighted by atomic mass is 9.77. The predicted octanol–water partition coefficient (Wildman–Crippen LogP) is 2.05. The number of piperidine rings is 1. The van der Waals surface area contributed by atoms with Crippen LogP contribution in [0.4, 0.5) is 0 Å². The summed E-state index contributed by atoms with van der Waals surface area (Å²) >= 11 is 1.78. The van der Waals surface area contributed by atoms with Crippen molar-refractivity contribution in [3.8, 4) is 0 Å². The van der Waals surface area contributed by atoms with Gasteiger partial charge in [-0.05, 0) is 33.1 Å². The van der Waals surface area contributed by atoms with Crippen LogP contribution in [0.15, 0.2) is 6.20 Å². The molecule has 1 atom stereocenters. The highest BCUT2D eigenvalue weighted by atomic mass is 32.1. The SMILES string of the molecule is CCOCC(=O)N1CCC[C@@]2(CCN2Cc2cnc(C)s2)C1. The highest BCUT2D eigenvalue weighted by Crippen LogP contribution is 2.40. The average molecular weight is 323 g/mol. The van der Waals surface area contributed by atoms with Crippen LogP contribution in [0, 0.1) is 6.92 Å². The van der Waals surface area contributed by atoms with Crippen molar-refractivity contribution < 1.29 is 9.53 Å². The van der Waals surface area contributed by atoms with Gasteiger partial charge in [-0.3, -0.25) is 9.69 Å². The van der Waals surface area contributed by atoms with Gasteiger partial charge >= 0.3 is 0 Å². The smallest absolute Gasteiger partial charge is 0.248 e. The summed E-state index contributed by atoms with van der Waals surface area (Å²) in [5, 5.41) is 1.13. The zero-order valence-corrected chi connectivity index (χ0v) is 14.3. The van der Waals surface area contributed by atoms with Gasteiger partial charge in [0.15, 0.2) is 0 Å². The fourth-order valence-electron chi connectivity index (χ4n) is 3.57. The summed E-state index contributed by atoms with van der Waals surface area (Å²) in [7, 11) is 0. The van der Waals surface area contributed by atoms with Gasteiger partial charge in [-0.1, -0.05) is 0 Å². The molecule has 0 aromatic carbocycles. The number of hydrogen-bond donors (Lipinski definition) is 0. The van der Waals surface area contributed by atoms with Crippen LogP contribution in [-0.4, -0.2) is 59.1 Å². The van der Waals surface area contributed by atoms with Crippen molar-refractivity contribution in [3.05, 3.63) is 16.1 Å². The molecule has 0 bridgehead atoms. The lowest BCUT2D eigenvalue weighted by Crippen LogP contribution is -2.67. The van der Waals surface area contributed by atoms with E-state index >= 15 is 0 Å². The van der Waals surface area contributed by atoms with Gasteiger partial charge in [0.25, 0.3) is 0 Å². The van der Waals surface area contributed by atoms with Gasteiger partial charge in [-0.2, -0.15) is 0 Å². The van der Waals surface area contributed by atoms with Crippen LogP contribution in [0.1, 0.15) is 36.1 Å². The zero-order valence-electron chi connectivity index (χ0n) is 13.5. The Morgan fingerprint density at radius 2 is 2.32 bits per heavy atom. The van der Waals surface area contributed by atoms with Crippen molar-refractivity contribution in [2.45, 2.75) is 45.2 Å². The average Bonchev–Trinajstić information content (AvgIpc) is 2.94. The molecule has 0 N–H and O–H groups in total. The number of amides is 1. The fraction of sp³-hybridized carbons (Fsp3) is 0.750. The number of aryl methyl sites for hydroxylation is 1. The molecule has 1 amide bonds. The second-order valence-corrected chi connectivity index (χ2v) is 7.62. The number of hydrogen-bond acceptors (Lipinski definition) is 5. The number of carbonyl (C=O) groups excluding carboxylic acids is 1. The number of nitrogens with zero attached hydrogens (tertiary/aromatic N) is 3. The van der Waals surface area contributed by atoms with E-state index in [0.29, 0.717) is 6.61 Å². The summed E-state index contributed by atoms with van der Waals surface area (Å²) < 4.78 is 5.28. The predicted molar refractivity (Wildman–Crippen MR) is 86.9 cm³/mol. The van der Waals surface area contributed by atoms with Gasteiger partial charge in [-0.15, -0.1) is 11.3 Å². The minimum absolute atomic E-state index is 0.140. The maximum atomic E-state index is 12.2. The monoisotopic (exact) mass is 323 g/mol. The van der Waals surface area contributed by atoms with E-state index in [2.05, 4.69) is 16.8 Å². The molecule has 3 rings (SSSR count). The number of rotatable bonds is 5. The molecule has 2 fully saturated rings. The van der Waals surface area contributed by atoms with E-state index in [-0.39, 0.29) is 18.1 Å². The third-order valence-electron chi connectivity index (χ3n) is 4.87. The molecule has 122 valence electrons. The Morgan fingerprint density at radius 1 is 1.45 bits per heavy atom. The summed E-state index contributed by atoms with van der Waals surface area (Å²) in [6, 6.07) is 0. The van der Waals surface area contributed by atoms with Crippen molar-refractivity contribution >= 4 is 17.2 Å². The van der Waals surface area contributed by atoms with E-state index in [9.17, 15) is 4.79 Å². The van der Waals surface area contributed by atoms with Gasteiger partial charge in [0, 0.05) is 49.4 Å². The maximum Gasteiger partial charge on any atom is 0.248 e. The Labute approximate surface area is 136 Å². The van der Waals surface area contributed by atoms with Crippen LogP contribution in [-0.2, 0) is 16.1 Å². The highest BCUT2D eigenvalue weighted by Gasteiger charge is 2.47. The number of carbonyl (C=O) groups is 1. The molecule has 5 nitrogen and oxygen atoms in total. The molecule has 0 aliphatic carbocycles.